The quantitative estimate of drug-likeness (QED) is 0.682. The van der Waals surface area contributed by atoms with Crippen molar-refractivity contribution in [2.75, 3.05) is 0 Å². The van der Waals surface area contributed by atoms with E-state index in [1.54, 1.807) is 11.5 Å². The van der Waals surface area contributed by atoms with Gasteiger partial charge in [-0.25, -0.2) is 0 Å². The molecule has 0 aromatic heterocycles. The van der Waals surface area contributed by atoms with Gasteiger partial charge in [0.25, 0.3) is 0 Å². The number of phenols is 1. The van der Waals surface area contributed by atoms with Crippen molar-refractivity contribution in [2.45, 2.75) is 11.8 Å². The first-order valence-corrected chi connectivity index (χ1v) is 4.19. The summed E-state index contributed by atoms with van der Waals surface area (Å²) >= 11 is 1.43. The Morgan fingerprint density at radius 1 is 1.55 bits per heavy atom. The SMILES string of the molecule is C=CSc1cc(C)ccc1O. The minimum Gasteiger partial charge on any atom is -0.507 e. The van der Waals surface area contributed by atoms with Crippen molar-refractivity contribution in [3.63, 3.8) is 0 Å². The molecule has 0 saturated heterocycles. The molecule has 0 aliphatic rings. The summed E-state index contributed by atoms with van der Waals surface area (Å²) in [6, 6.07) is 5.51. The number of benzene rings is 1. The van der Waals surface area contributed by atoms with Gasteiger partial charge in [-0.2, -0.15) is 0 Å². The molecule has 0 atom stereocenters. The lowest BCUT2D eigenvalue weighted by atomic mass is 10.2. The molecular formula is C9H10OS. The van der Waals surface area contributed by atoms with Gasteiger partial charge in [-0.1, -0.05) is 24.4 Å². The van der Waals surface area contributed by atoms with E-state index in [2.05, 4.69) is 6.58 Å². The van der Waals surface area contributed by atoms with Crippen LogP contribution in [0, 0.1) is 6.92 Å². The molecule has 0 aliphatic carbocycles. The summed E-state index contributed by atoms with van der Waals surface area (Å²) in [5, 5.41) is 11.0. The third kappa shape index (κ3) is 2.02. The van der Waals surface area contributed by atoms with E-state index in [1.165, 1.54) is 11.8 Å². The van der Waals surface area contributed by atoms with Gasteiger partial charge in [0.2, 0.25) is 0 Å². The Morgan fingerprint density at radius 2 is 2.27 bits per heavy atom. The molecule has 2 heteroatoms. The maximum Gasteiger partial charge on any atom is 0.129 e. The van der Waals surface area contributed by atoms with E-state index in [4.69, 9.17) is 0 Å². The molecule has 0 fully saturated rings. The number of aryl methyl sites for hydroxylation is 1. The Hall–Kier alpha value is -0.890. The first-order valence-electron chi connectivity index (χ1n) is 3.31. The zero-order valence-corrected chi connectivity index (χ0v) is 7.19. The number of phenolic OH excluding ortho intramolecular Hbond substituents is 1. The van der Waals surface area contributed by atoms with Crippen LogP contribution in [-0.2, 0) is 0 Å². The van der Waals surface area contributed by atoms with Gasteiger partial charge in [0.05, 0.1) is 4.90 Å². The summed E-state index contributed by atoms with van der Waals surface area (Å²) in [5.41, 5.74) is 1.15. The third-order valence-corrected chi connectivity index (χ3v) is 2.07. The topological polar surface area (TPSA) is 20.2 Å². The normalized spacial score (nSPS) is 9.55. The van der Waals surface area contributed by atoms with Crippen molar-refractivity contribution in [3.05, 3.63) is 35.7 Å². The van der Waals surface area contributed by atoms with E-state index >= 15 is 0 Å². The van der Waals surface area contributed by atoms with Crippen LogP contribution in [0.3, 0.4) is 0 Å². The summed E-state index contributed by atoms with van der Waals surface area (Å²) in [7, 11) is 0. The molecule has 0 spiro atoms. The molecule has 11 heavy (non-hydrogen) atoms. The molecule has 0 amide bonds. The zero-order valence-electron chi connectivity index (χ0n) is 6.37. The number of hydrogen-bond donors (Lipinski definition) is 1. The van der Waals surface area contributed by atoms with Crippen molar-refractivity contribution in [1.82, 2.24) is 0 Å². The average molecular weight is 166 g/mol. The lowest BCUT2D eigenvalue weighted by molar-refractivity contribution is 0.462. The average Bonchev–Trinajstić information content (AvgIpc) is 1.98. The second-order valence-electron chi connectivity index (χ2n) is 2.26. The number of thioether (sulfide) groups is 1. The molecule has 1 rings (SSSR count). The van der Waals surface area contributed by atoms with Gasteiger partial charge in [-0.3, -0.25) is 0 Å². The van der Waals surface area contributed by atoms with Crippen LogP contribution in [0.5, 0.6) is 5.75 Å². The van der Waals surface area contributed by atoms with Gasteiger partial charge in [-0.05, 0) is 30.0 Å². The second kappa shape index (κ2) is 3.49. The lowest BCUT2D eigenvalue weighted by Crippen LogP contribution is -1.74. The monoisotopic (exact) mass is 166 g/mol. The van der Waals surface area contributed by atoms with Gasteiger partial charge in [0.1, 0.15) is 5.75 Å². The van der Waals surface area contributed by atoms with Crippen LogP contribution in [0.1, 0.15) is 5.56 Å². The molecule has 0 aliphatic heterocycles. The predicted octanol–water partition coefficient (Wildman–Crippen LogP) is 2.94. The minimum absolute atomic E-state index is 0.320. The third-order valence-electron chi connectivity index (χ3n) is 1.33. The van der Waals surface area contributed by atoms with Crippen molar-refractivity contribution in [1.29, 1.82) is 0 Å². The Kier molecular flexibility index (Phi) is 2.60. The Balaban J connectivity index is 3.01. The maximum atomic E-state index is 9.30. The minimum atomic E-state index is 0.320. The van der Waals surface area contributed by atoms with Crippen molar-refractivity contribution in [3.8, 4) is 5.75 Å². The highest BCUT2D eigenvalue weighted by molar-refractivity contribution is 8.02. The van der Waals surface area contributed by atoms with E-state index in [9.17, 15) is 5.11 Å². The molecule has 1 aromatic rings. The second-order valence-corrected chi connectivity index (χ2v) is 3.26. The Labute approximate surface area is 70.8 Å². The van der Waals surface area contributed by atoms with Crippen molar-refractivity contribution < 1.29 is 5.11 Å². The van der Waals surface area contributed by atoms with Crippen LogP contribution in [0.25, 0.3) is 0 Å². The first kappa shape index (κ1) is 8.21. The van der Waals surface area contributed by atoms with Gasteiger partial charge in [-0.15, -0.1) is 0 Å². The molecule has 1 N–H and O–H groups in total. The van der Waals surface area contributed by atoms with E-state index < -0.39 is 0 Å². The first-order chi connectivity index (χ1) is 5.24. The van der Waals surface area contributed by atoms with Gasteiger partial charge in [0.15, 0.2) is 0 Å². The summed E-state index contributed by atoms with van der Waals surface area (Å²) in [4.78, 5) is 0.861. The summed E-state index contributed by atoms with van der Waals surface area (Å²) in [6.45, 7) is 5.57. The van der Waals surface area contributed by atoms with E-state index in [-0.39, 0.29) is 0 Å². The number of rotatable bonds is 2. The summed E-state index contributed by atoms with van der Waals surface area (Å²) in [5.74, 6) is 0.320. The molecule has 0 heterocycles. The van der Waals surface area contributed by atoms with Crippen LogP contribution in [0.15, 0.2) is 35.1 Å². The highest BCUT2D eigenvalue weighted by Gasteiger charge is 1.98. The van der Waals surface area contributed by atoms with Crippen molar-refractivity contribution in [2.24, 2.45) is 0 Å². The predicted molar refractivity (Wildman–Crippen MR) is 48.9 cm³/mol. The van der Waals surface area contributed by atoms with Gasteiger partial charge >= 0.3 is 0 Å². The Bertz CT molecular complexity index is 268. The number of aromatic hydroxyl groups is 1. The zero-order chi connectivity index (χ0) is 8.27. The van der Waals surface area contributed by atoms with Crippen LogP contribution in [0.2, 0.25) is 0 Å². The maximum absolute atomic E-state index is 9.30. The lowest BCUT2D eigenvalue weighted by Gasteiger charge is -2.00. The largest absolute Gasteiger partial charge is 0.507 e. The fourth-order valence-corrected chi connectivity index (χ4v) is 1.43. The van der Waals surface area contributed by atoms with Crippen molar-refractivity contribution >= 4 is 11.8 Å². The van der Waals surface area contributed by atoms with E-state index in [1.807, 2.05) is 19.1 Å². The molecule has 0 radical (unpaired) electrons. The molecule has 0 unspecified atom stereocenters. The van der Waals surface area contributed by atoms with Crippen LogP contribution in [-0.4, -0.2) is 5.11 Å². The van der Waals surface area contributed by atoms with Crippen LogP contribution < -0.4 is 0 Å². The highest BCUT2D eigenvalue weighted by atomic mass is 32.2. The molecule has 0 bridgehead atoms. The molecule has 1 nitrogen and oxygen atoms in total. The van der Waals surface area contributed by atoms with Crippen LogP contribution >= 0.6 is 11.8 Å². The fraction of sp³-hybridized carbons (Fsp3) is 0.111. The van der Waals surface area contributed by atoms with E-state index in [0.717, 1.165) is 10.5 Å². The molecular weight excluding hydrogens is 156 g/mol. The molecule has 58 valence electrons. The summed E-state index contributed by atoms with van der Waals surface area (Å²) < 4.78 is 0. The van der Waals surface area contributed by atoms with E-state index in [0.29, 0.717) is 5.75 Å². The standard InChI is InChI=1S/C9H10OS/c1-3-11-9-6-7(2)4-5-8(9)10/h3-6,10H,1H2,2H3. The molecule has 0 saturated carbocycles. The van der Waals surface area contributed by atoms with Gasteiger partial charge < -0.3 is 5.11 Å². The fourth-order valence-electron chi connectivity index (χ4n) is 0.806. The van der Waals surface area contributed by atoms with Gasteiger partial charge in [0, 0.05) is 0 Å². The van der Waals surface area contributed by atoms with Crippen LogP contribution in [0.4, 0.5) is 0 Å². The Morgan fingerprint density at radius 3 is 2.91 bits per heavy atom. The number of hydrogen-bond acceptors (Lipinski definition) is 2. The summed E-state index contributed by atoms with van der Waals surface area (Å²) in [6.07, 6.45) is 0. The highest BCUT2D eigenvalue weighted by Crippen LogP contribution is 2.29. The molecule has 1 aromatic carbocycles. The smallest absolute Gasteiger partial charge is 0.129 e.